The van der Waals surface area contributed by atoms with E-state index in [1.165, 1.54) is 22.8 Å². The number of aromatic nitrogens is 2. The van der Waals surface area contributed by atoms with Crippen LogP contribution in [0.1, 0.15) is 156 Å². The van der Waals surface area contributed by atoms with E-state index in [0.717, 1.165) is 17.9 Å². The van der Waals surface area contributed by atoms with Crippen LogP contribution in [0.5, 0.6) is 0 Å². The highest BCUT2D eigenvalue weighted by atomic mass is 19.1. The number of pyridine rings is 2. The molecule has 8 rings (SSSR count). The lowest BCUT2D eigenvalue weighted by Crippen LogP contribution is -2.57. The van der Waals surface area contributed by atoms with E-state index >= 15 is 4.39 Å². The lowest BCUT2D eigenvalue weighted by atomic mass is 9.81. The summed E-state index contributed by atoms with van der Waals surface area (Å²) < 4.78 is 60.9. The Labute approximate surface area is 620 Å². The highest BCUT2D eigenvalue weighted by molar-refractivity contribution is 6.13. The number of benzene rings is 2. The first-order chi connectivity index (χ1) is 51.5. The van der Waals surface area contributed by atoms with Gasteiger partial charge in [-0.25, -0.2) is 23.8 Å². The molecule has 0 bridgehead atoms. The van der Waals surface area contributed by atoms with Crippen LogP contribution in [0.3, 0.4) is 0 Å². The molecule has 2 aromatic carbocycles. The molecule has 1 aliphatic carbocycles. The van der Waals surface area contributed by atoms with E-state index in [4.69, 9.17) is 48.6 Å². The number of hydrogen-bond acceptors (Lipinski definition) is 21. The van der Waals surface area contributed by atoms with Crippen LogP contribution < -0.4 is 48.5 Å². The number of esters is 1. The molecule has 0 spiro atoms. The first-order valence-corrected chi connectivity index (χ1v) is 36.9. The fraction of sp³-hybridized carbons (Fsp3) is 0.573. The third kappa shape index (κ3) is 23.6. The molecule has 0 unspecified atom stereocenters. The molecule has 10 N–H and O–H groups in total. The van der Waals surface area contributed by atoms with Crippen molar-refractivity contribution in [2.75, 3.05) is 104 Å². The average molecular weight is 1500 g/mol. The highest BCUT2D eigenvalue weighted by Crippen LogP contribution is 2.46. The zero-order valence-corrected chi connectivity index (χ0v) is 61.6. The van der Waals surface area contributed by atoms with Gasteiger partial charge in [-0.1, -0.05) is 46.2 Å². The second-order valence-electron chi connectivity index (χ2n) is 26.9. The smallest absolute Gasteiger partial charge is 0.407 e. The number of nitrogens with zero attached hydrogens (tertiary/aromatic N) is 3. The van der Waals surface area contributed by atoms with Gasteiger partial charge in [-0.15, -0.1) is 0 Å². The van der Waals surface area contributed by atoms with Gasteiger partial charge in [0.05, 0.1) is 108 Å². The van der Waals surface area contributed by atoms with Crippen molar-refractivity contribution in [2.24, 2.45) is 11.7 Å². The first kappa shape index (κ1) is 83.3. The molecule has 4 aromatic rings. The number of aliphatic hydroxyl groups is 1. The number of hydrogen-bond donors (Lipinski definition) is 9. The number of primary amides is 1. The van der Waals surface area contributed by atoms with E-state index in [2.05, 4.69) is 37.2 Å². The summed E-state index contributed by atoms with van der Waals surface area (Å²) in [6.45, 7) is 13.8. The predicted molar refractivity (Wildman–Crippen MR) is 387 cm³/mol. The SMILES string of the molecule is CCCOCCOCCOCCOCCOCCOCCC(=O)NCCCC[C@H](NC(=O)CCCCCN1C(=O)C=CC1=O)C(=O)N[C@H](C(=O)N[C@@H](CCCNC(N)=O)C(=O)Nc1ccc(COC(=O)N[C@H]2CCc3c(C)c(F)cc4nc5c(c2c34)Cn2c-5cc3c(c2=O)COC(=O)[C@]3(O)CC)cc1)C(C)C. The number of fused-ring (bicyclic) bond motifs is 5. The zero-order chi connectivity index (χ0) is 77.0. The van der Waals surface area contributed by atoms with Gasteiger partial charge >= 0.3 is 18.1 Å². The molecule has 5 heterocycles. The van der Waals surface area contributed by atoms with Crippen LogP contribution in [0, 0.1) is 18.7 Å². The molecule has 107 heavy (non-hydrogen) atoms. The molecule has 584 valence electrons. The number of carbonyl (C=O) groups is 10. The molecule has 0 fully saturated rings. The Morgan fingerprint density at radius 1 is 0.701 bits per heavy atom. The van der Waals surface area contributed by atoms with Gasteiger partial charge in [0.25, 0.3) is 17.4 Å². The summed E-state index contributed by atoms with van der Waals surface area (Å²) in [5.41, 5.74) is 7.19. The number of ether oxygens (including phenoxy) is 8. The van der Waals surface area contributed by atoms with Gasteiger partial charge in [0.15, 0.2) is 5.60 Å². The Morgan fingerprint density at radius 3 is 1.96 bits per heavy atom. The number of rotatable bonds is 47. The summed E-state index contributed by atoms with van der Waals surface area (Å²) in [4.78, 5) is 151. The van der Waals surface area contributed by atoms with Crippen LogP contribution in [0.2, 0.25) is 0 Å². The van der Waals surface area contributed by atoms with Crippen molar-refractivity contribution < 1.29 is 95.3 Å². The Bertz CT molecular complexity index is 3870. The number of carbonyl (C=O) groups excluding carboxylic acids is 10. The fourth-order valence-electron chi connectivity index (χ4n) is 13.0. The minimum absolute atomic E-state index is 0.00389. The van der Waals surface area contributed by atoms with E-state index in [-0.39, 0.29) is 108 Å². The van der Waals surface area contributed by atoms with Gasteiger partial charge in [-0.2, -0.15) is 0 Å². The molecular formula is C75H102FN11O20. The number of alkyl carbamates (subject to hydrolysis) is 1. The largest absolute Gasteiger partial charge is 0.458 e. The topological polar surface area (TPSA) is 413 Å². The minimum atomic E-state index is -2.07. The molecule has 10 amide bonds. The van der Waals surface area contributed by atoms with Crippen molar-refractivity contribution >= 4 is 76.0 Å². The van der Waals surface area contributed by atoms with Gasteiger partial charge in [-0.3, -0.25) is 43.3 Å². The number of nitrogens with one attached hydrogen (secondary N) is 7. The molecule has 0 saturated carbocycles. The molecule has 4 aliphatic rings. The predicted octanol–water partition coefficient (Wildman–Crippen LogP) is 4.61. The summed E-state index contributed by atoms with van der Waals surface area (Å²) in [7, 11) is 0. The van der Waals surface area contributed by atoms with E-state index in [9.17, 15) is 57.8 Å². The number of nitrogens with two attached hydrogens (primary N) is 1. The number of unbranched alkanes of at least 4 members (excludes halogenated alkanes) is 3. The Hall–Kier alpha value is -9.31. The van der Waals surface area contributed by atoms with E-state index in [0.29, 0.717) is 160 Å². The third-order valence-electron chi connectivity index (χ3n) is 18.9. The quantitative estimate of drug-likeness (QED) is 0.0146. The molecule has 3 aliphatic heterocycles. The summed E-state index contributed by atoms with van der Waals surface area (Å²) in [6.07, 6.45) is 5.77. The van der Waals surface area contributed by atoms with Crippen LogP contribution in [0.4, 0.5) is 19.7 Å². The van der Waals surface area contributed by atoms with Crippen LogP contribution in [-0.4, -0.2) is 196 Å². The van der Waals surface area contributed by atoms with Crippen molar-refractivity contribution in [1.29, 1.82) is 0 Å². The van der Waals surface area contributed by atoms with E-state index in [1.807, 2.05) is 6.92 Å². The van der Waals surface area contributed by atoms with Crippen LogP contribution in [0.15, 0.2) is 53.3 Å². The first-order valence-electron chi connectivity index (χ1n) is 36.9. The van der Waals surface area contributed by atoms with Gasteiger partial charge in [0, 0.05) is 79.5 Å². The number of cyclic esters (lactones) is 1. The number of amides is 10. The second kappa shape index (κ2) is 41.7. The maximum atomic E-state index is 15.6. The van der Waals surface area contributed by atoms with Crippen molar-refractivity contribution in [3.05, 3.63) is 104 Å². The second-order valence-corrected chi connectivity index (χ2v) is 26.9. The molecule has 2 aromatic heterocycles. The van der Waals surface area contributed by atoms with Crippen molar-refractivity contribution in [3.8, 4) is 11.4 Å². The van der Waals surface area contributed by atoms with Crippen LogP contribution >= 0.6 is 0 Å². The molecule has 31 nitrogen and oxygen atoms in total. The minimum Gasteiger partial charge on any atom is -0.458 e. The lowest BCUT2D eigenvalue weighted by molar-refractivity contribution is -0.172. The summed E-state index contributed by atoms with van der Waals surface area (Å²) in [5, 5.41) is 31.6. The van der Waals surface area contributed by atoms with Gasteiger partial charge in [0.2, 0.25) is 29.5 Å². The van der Waals surface area contributed by atoms with Gasteiger partial charge in [-0.05, 0) is 124 Å². The van der Waals surface area contributed by atoms with Crippen molar-refractivity contribution in [1.82, 2.24) is 46.4 Å². The molecule has 32 heteroatoms. The fourth-order valence-corrected chi connectivity index (χ4v) is 13.0. The standard InChI is InChI=1S/C75H102FN11O20/c1-6-29-100-31-33-102-35-37-104-39-40-105-38-36-103-34-32-101-30-25-60(88)78-26-11-10-14-56(81-61(89)16-9-8-12-28-86-62(90)23-24-63(86)91)69(93)85-66(46(3)4)70(94)83-57(15-13-27-79-73(77)97)68(92)80-49-19-17-48(18-20-49)44-107-74(98)84-55-22-21-50-47(5)54(76)42-58-64(50)65(55)51-43-87-59(67(51)82-58)41-53-52(71(87)95)45-106-72(96)75(53,99)7-2/h17-20,23-24,41-42,46,55-57,66,99H,6-16,21-22,25-40,43-45H2,1-5H3,(H,78,88)(H,80,92)(H,81,89)(H,83,94)(H,84,98)(H,85,93)(H3,77,79,97)/t55-,56-,57-,66-,75-/m0/s1. The average Bonchev–Trinajstić information content (AvgIpc) is 1.60. The molecule has 5 atom stereocenters. The number of anilines is 1. The molecule has 0 radical (unpaired) electrons. The lowest BCUT2D eigenvalue weighted by Gasteiger charge is -2.31. The third-order valence-corrected chi connectivity index (χ3v) is 18.9. The maximum Gasteiger partial charge on any atom is 0.407 e. The van der Waals surface area contributed by atoms with Crippen LogP contribution in [-0.2, 0) is 108 Å². The number of urea groups is 1. The normalized spacial score (nSPS) is 16.3. The number of halogens is 1. The summed E-state index contributed by atoms with van der Waals surface area (Å²) in [5.74, 6) is -5.47. The monoisotopic (exact) mass is 1500 g/mol. The van der Waals surface area contributed by atoms with Gasteiger partial charge < -0.3 is 90.5 Å². The summed E-state index contributed by atoms with van der Waals surface area (Å²) >= 11 is 0. The van der Waals surface area contributed by atoms with E-state index < -0.39 is 101 Å². The van der Waals surface area contributed by atoms with Crippen LogP contribution in [0.25, 0.3) is 22.3 Å². The number of aryl methyl sites for hydroxylation is 1. The zero-order valence-electron chi connectivity index (χ0n) is 61.6. The number of imide groups is 1. The maximum absolute atomic E-state index is 15.6. The summed E-state index contributed by atoms with van der Waals surface area (Å²) in [6, 6.07) is 4.19. The van der Waals surface area contributed by atoms with Crippen molar-refractivity contribution in [2.45, 2.75) is 174 Å². The van der Waals surface area contributed by atoms with Gasteiger partial charge in [0.1, 0.15) is 37.2 Å². The highest BCUT2D eigenvalue weighted by Gasteiger charge is 2.46. The van der Waals surface area contributed by atoms with E-state index in [1.54, 1.807) is 58.0 Å². The molecular weight excluding hydrogens is 1390 g/mol. The molecule has 0 saturated heterocycles. The Balaban J connectivity index is 0.821. The Morgan fingerprint density at radius 2 is 1.33 bits per heavy atom. The van der Waals surface area contributed by atoms with Crippen molar-refractivity contribution in [3.63, 3.8) is 0 Å². The Kier molecular flexibility index (Phi) is 32.5.